The molecule has 2 aromatic heterocycles. The molecule has 156 valence electrons. The van der Waals surface area contributed by atoms with Crippen molar-refractivity contribution in [2.24, 2.45) is 5.92 Å². The SMILES string of the molecule is Cc1ccccc1-n1c(C)cc(C2C(c3ccccn3)NC(=S)N2CC(C)C)c1C. The maximum absolute atomic E-state index is 5.79. The Morgan fingerprint density at radius 3 is 2.47 bits per heavy atom. The van der Waals surface area contributed by atoms with E-state index in [-0.39, 0.29) is 12.1 Å². The fraction of sp³-hybridized carbons (Fsp3) is 0.360. The average Bonchev–Trinajstić information content (AvgIpc) is 3.18. The van der Waals surface area contributed by atoms with Gasteiger partial charge >= 0.3 is 0 Å². The number of thiocarbonyl (C=S) groups is 1. The lowest BCUT2D eigenvalue weighted by molar-refractivity contribution is 0.287. The normalized spacial score (nSPS) is 18.9. The van der Waals surface area contributed by atoms with Gasteiger partial charge in [0.05, 0.1) is 17.8 Å². The van der Waals surface area contributed by atoms with E-state index in [1.165, 1.54) is 28.2 Å². The number of rotatable bonds is 5. The first-order valence-corrected chi connectivity index (χ1v) is 11.0. The zero-order chi connectivity index (χ0) is 21.4. The van der Waals surface area contributed by atoms with Gasteiger partial charge in [0.1, 0.15) is 0 Å². The molecule has 1 N–H and O–H groups in total. The van der Waals surface area contributed by atoms with Crippen LogP contribution in [0.5, 0.6) is 0 Å². The molecule has 5 heteroatoms. The summed E-state index contributed by atoms with van der Waals surface area (Å²) in [5.41, 5.74) is 7.33. The summed E-state index contributed by atoms with van der Waals surface area (Å²) in [4.78, 5) is 7.01. The van der Waals surface area contributed by atoms with Gasteiger partial charge in [0.15, 0.2) is 5.11 Å². The van der Waals surface area contributed by atoms with Crippen LogP contribution in [0.25, 0.3) is 5.69 Å². The lowest BCUT2D eigenvalue weighted by atomic mass is 9.96. The Hall–Kier alpha value is -2.66. The minimum Gasteiger partial charge on any atom is -0.352 e. The van der Waals surface area contributed by atoms with E-state index in [4.69, 9.17) is 12.2 Å². The van der Waals surface area contributed by atoms with E-state index in [0.717, 1.165) is 17.4 Å². The van der Waals surface area contributed by atoms with Crippen LogP contribution in [0.15, 0.2) is 54.7 Å². The van der Waals surface area contributed by atoms with Crippen molar-refractivity contribution in [3.8, 4) is 5.69 Å². The number of nitrogens with zero attached hydrogens (tertiary/aromatic N) is 3. The van der Waals surface area contributed by atoms with Crippen molar-refractivity contribution in [1.82, 2.24) is 19.8 Å². The third kappa shape index (κ3) is 3.63. The number of hydrogen-bond donors (Lipinski definition) is 1. The molecule has 0 radical (unpaired) electrons. The standard InChI is InChI=1S/C25H30N4S/c1-16(2)15-28-24(23(27-25(28)30)21-11-8-9-13-26-21)20-14-18(4)29(19(20)5)22-12-7-6-10-17(22)3/h6-14,16,23-24H,15H2,1-5H3,(H,27,30). The molecule has 1 aliphatic heterocycles. The van der Waals surface area contributed by atoms with Crippen molar-refractivity contribution in [3.63, 3.8) is 0 Å². The van der Waals surface area contributed by atoms with Crippen LogP contribution in [0.4, 0.5) is 0 Å². The average molecular weight is 419 g/mol. The van der Waals surface area contributed by atoms with Gasteiger partial charge in [-0.05, 0) is 74.3 Å². The molecule has 0 saturated carbocycles. The number of aromatic nitrogens is 2. The summed E-state index contributed by atoms with van der Waals surface area (Å²) >= 11 is 5.79. The highest BCUT2D eigenvalue weighted by Crippen LogP contribution is 2.41. The van der Waals surface area contributed by atoms with Gasteiger partial charge in [0.2, 0.25) is 0 Å². The smallest absolute Gasteiger partial charge is 0.170 e. The number of hydrogen-bond acceptors (Lipinski definition) is 2. The van der Waals surface area contributed by atoms with Crippen LogP contribution in [-0.2, 0) is 0 Å². The molecule has 0 spiro atoms. The van der Waals surface area contributed by atoms with Crippen LogP contribution in [0.1, 0.15) is 54.1 Å². The molecule has 4 rings (SSSR count). The van der Waals surface area contributed by atoms with Gasteiger partial charge < -0.3 is 14.8 Å². The van der Waals surface area contributed by atoms with E-state index >= 15 is 0 Å². The molecule has 2 unspecified atom stereocenters. The van der Waals surface area contributed by atoms with Gasteiger partial charge in [0.25, 0.3) is 0 Å². The molecule has 0 bridgehead atoms. The van der Waals surface area contributed by atoms with Crippen molar-refractivity contribution >= 4 is 17.3 Å². The van der Waals surface area contributed by atoms with Crippen molar-refractivity contribution in [1.29, 1.82) is 0 Å². The second-order valence-corrected chi connectivity index (χ2v) is 9.01. The second kappa shape index (κ2) is 8.23. The Balaban J connectivity index is 1.85. The van der Waals surface area contributed by atoms with E-state index < -0.39 is 0 Å². The quantitative estimate of drug-likeness (QED) is 0.561. The van der Waals surface area contributed by atoms with Gasteiger partial charge in [-0.2, -0.15) is 0 Å². The molecule has 1 saturated heterocycles. The van der Waals surface area contributed by atoms with Gasteiger partial charge in [-0.3, -0.25) is 4.98 Å². The van der Waals surface area contributed by atoms with E-state index in [9.17, 15) is 0 Å². The van der Waals surface area contributed by atoms with Crippen LogP contribution < -0.4 is 5.32 Å². The van der Waals surface area contributed by atoms with Crippen LogP contribution in [0.2, 0.25) is 0 Å². The van der Waals surface area contributed by atoms with E-state index in [2.05, 4.69) is 90.8 Å². The van der Waals surface area contributed by atoms with E-state index in [1.807, 2.05) is 18.3 Å². The van der Waals surface area contributed by atoms with Gasteiger partial charge in [-0.15, -0.1) is 0 Å². The Morgan fingerprint density at radius 2 is 1.80 bits per heavy atom. The molecule has 1 fully saturated rings. The first-order valence-electron chi connectivity index (χ1n) is 10.6. The molecule has 2 atom stereocenters. The van der Waals surface area contributed by atoms with Gasteiger partial charge in [-0.1, -0.05) is 38.1 Å². The highest BCUT2D eigenvalue weighted by Gasteiger charge is 2.41. The van der Waals surface area contributed by atoms with E-state index in [1.54, 1.807) is 0 Å². The summed E-state index contributed by atoms with van der Waals surface area (Å²) in [5.74, 6) is 0.509. The summed E-state index contributed by atoms with van der Waals surface area (Å²) in [6.45, 7) is 12.0. The Morgan fingerprint density at radius 1 is 1.07 bits per heavy atom. The summed E-state index contributed by atoms with van der Waals surface area (Å²) in [5, 5.41) is 4.38. The number of benzene rings is 1. The topological polar surface area (TPSA) is 33.1 Å². The zero-order valence-corrected chi connectivity index (χ0v) is 19.2. The third-order valence-corrected chi connectivity index (χ3v) is 6.26. The highest BCUT2D eigenvalue weighted by atomic mass is 32.1. The fourth-order valence-corrected chi connectivity index (χ4v) is 4.92. The van der Waals surface area contributed by atoms with Crippen molar-refractivity contribution in [3.05, 3.63) is 82.9 Å². The molecule has 3 aromatic rings. The fourth-order valence-electron chi connectivity index (χ4n) is 4.61. The number of pyridine rings is 1. The predicted molar refractivity (Wildman–Crippen MR) is 127 cm³/mol. The lowest BCUT2D eigenvalue weighted by Gasteiger charge is -2.29. The van der Waals surface area contributed by atoms with Crippen LogP contribution in [-0.4, -0.2) is 26.1 Å². The van der Waals surface area contributed by atoms with Crippen molar-refractivity contribution < 1.29 is 0 Å². The monoisotopic (exact) mass is 418 g/mol. The lowest BCUT2D eigenvalue weighted by Crippen LogP contribution is -2.33. The summed E-state index contributed by atoms with van der Waals surface area (Å²) in [7, 11) is 0. The molecule has 30 heavy (non-hydrogen) atoms. The Kier molecular flexibility index (Phi) is 5.65. The van der Waals surface area contributed by atoms with Gasteiger partial charge in [0, 0.05) is 29.8 Å². The molecule has 1 aliphatic rings. The molecule has 3 heterocycles. The first kappa shape index (κ1) is 20.6. The van der Waals surface area contributed by atoms with Gasteiger partial charge in [-0.25, -0.2) is 0 Å². The van der Waals surface area contributed by atoms with E-state index in [0.29, 0.717) is 5.92 Å². The zero-order valence-electron chi connectivity index (χ0n) is 18.4. The molecular formula is C25H30N4S. The largest absolute Gasteiger partial charge is 0.352 e. The van der Waals surface area contributed by atoms with Crippen LogP contribution in [0, 0.1) is 26.7 Å². The molecule has 0 aliphatic carbocycles. The maximum Gasteiger partial charge on any atom is 0.170 e. The minimum absolute atomic E-state index is 0.0308. The Bertz CT molecular complexity index is 1050. The molecule has 1 aromatic carbocycles. The van der Waals surface area contributed by atoms with Crippen molar-refractivity contribution in [2.75, 3.05) is 6.54 Å². The number of nitrogens with one attached hydrogen (secondary N) is 1. The van der Waals surface area contributed by atoms with Crippen molar-refractivity contribution in [2.45, 2.75) is 46.7 Å². The third-order valence-electron chi connectivity index (χ3n) is 5.90. The van der Waals surface area contributed by atoms with Crippen LogP contribution in [0.3, 0.4) is 0 Å². The summed E-state index contributed by atoms with van der Waals surface area (Å²) in [6.07, 6.45) is 1.86. The van der Waals surface area contributed by atoms with Crippen LogP contribution >= 0.6 is 12.2 Å². The summed E-state index contributed by atoms with van der Waals surface area (Å²) < 4.78 is 2.37. The summed E-state index contributed by atoms with van der Waals surface area (Å²) in [6, 6.07) is 17.1. The second-order valence-electron chi connectivity index (χ2n) is 8.62. The Labute approximate surface area is 184 Å². The molecule has 0 amide bonds. The maximum atomic E-state index is 5.79. The number of aryl methyl sites for hydroxylation is 2. The molecular weight excluding hydrogens is 388 g/mol. The number of para-hydroxylation sites is 1. The molecule has 4 nitrogen and oxygen atoms in total. The first-order chi connectivity index (χ1) is 14.4. The predicted octanol–water partition coefficient (Wildman–Crippen LogP) is 5.43. The highest BCUT2D eigenvalue weighted by molar-refractivity contribution is 7.80. The minimum atomic E-state index is 0.0308.